The monoisotopic (exact) mass is 361 g/mol. The van der Waals surface area contributed by atoms with Crippen LogP contribution in [0.15, 0.2) is 76.1 Å². The molecule has 4 nitrogen and oxygen atoms in total. The maximum atomic E-state index is 13.2. The molecule has 4 aromatic rings. The van der Waals surface area contributed by atoms with Gasteiger partial charge >= 0.3 is 0 Å². The highest BCUT2D eigenvalue weighted by molar-refractivity contribution is 7.22. The molecule has 5 heteroatoms. The van der Waals surface area contributed by atoms with Crippen molar-refractivity contribution in [2.24, 2.45) is 0 Å². The summed E-state index contributed by atoms with van der Waals surface area (Å²) in [7, 11) is 0. The minimum absolute atomic E-state index is 0.0975. The summed E-state index contributed by atoms with van der Waals surface area (Å²) in [5, 5.41) is 4.01. The molecule has 2 heterocycles. The van der Waals surface area contributed by atoms with Crippen molar-refractivity contribution in [2.45, 2.75) is 6.92 Å². The van der Waals surface area contributed by atoms with E-state index in [4.69, 9.17) is 4.42 Å². The second-order valence-electron chi connectivity index (χ2n) is 5.93. The molecule has 0 fully saturated rings. The number of benzene rings is 2. The largest absolute Gasteiger partial charge is 0.459 e. The third kappa shape index (κ3) is 2.93. The number of furan rings is 1. The number of fused-ring (bicyclic) bond motifs is 1. The van der Waals surface area contributed by atoms with Crippen molar-refractivity contribution in [2.75, 3.05) is 5.32 Å². The number of amides is 1. The zero-order chi connectivity index (χ0) is 18.1. The molecule has 128 valence electrons. The maximum absolute atomic E-state index is 13.2. The lowest BCUT2D eigenvalue weighted by atomic mass is 10.0. The van der Waals surface area contributed by atoms with Crippen LogP contribution < -0.4 is 10.7 Å². The first-order chi connectivity index (χ1) is 12.6. The zero-order valence-electron chi connectivity index (χ0n) is 14.0. The van der Waals surface area contributed by atoms with Crippen LogP contribution in [0.25, 0.3) is 21.2 Å². The van der Waals surface area contributed by atoms with E-state index in [1.165, 1.54) is 17.6 Å². The molecule has 2 aromatic heterocycles. The smallest absolute Gasteiger partial charge is 0.291 e. The van der Waals surface area contributed by atoms with E-state index in [0.717, 1.165) is 15.8 Å². The second kappa shape index (κ2) is 6.61. The first-order valence-electron chi connectivity index (χ1n) is 8.11. The number of nitrogens with one attached hydrogen (secondary N) is 1. The Balaban J connectivity index is 1.93. The average Bonchev–Trinajstić information content (AvgIpc) is 3.17. The van der Waals surface area contributed by atoms with Crippen LogP contribution in [0.3, 0.4) is 0 Å². The molecule has 1 N–H and O–H groups in total. The van der Waals surface area contributed by atoms with E-state index in [9.17, 15) is 9.59 Å². The molecule has 0 saturated carbocycles. The van der Waals surface area contributed by atoms with Gasteiger partial charge in [-0.3, -0.25) is 9.59 Å². The molecule has 0 spiro atoms. The van der Waals surface area contributed by atoms with E-state index < -0.39 is 0 Å². The van der Waals surface area contributed by atoms with Crippen molar-refractivity contribution >= 4 is 32.3 Å². The minimum atomic E-state index is -0.380. The molecule has 0 aliphatic carbocycles. The SMILES string of the molecule is Cc1cccc(-c2c(NC(=O)c3ccco3)sc3ccccc3c2=O)c1. The van der Waals surface area contributed by atoms with Gasteiger partial charge in [-0.15, -0.1) is 11.3 Å². The predicted molar refractivity (Wildman–Crippen MR) is 105 cm³/mol. The van der Waals surface area contributed by atoms with Gasteiger partial charge in [0.1, 0.15) is 5.00 Å². The lowest BCUT2D eigenvalue weighted by Crippen LogP contribution is -2.15. The number of carbonyl (C=O) groups excluding carboxylic acids is 1. The first-order valence-corrected chi connectivity index (χ1v) is 8.93. The van der Waals surface area contributed by atoms with Crippen molar-refractivity contribution in [3.8, 4) is 11.1 Å². The highest BCUT2D eigenvalue weighted by atomic mass is 32.1. The Morgan fingerprint density at radius 3 is 2.65 bits per heavy atom. The highest BCUT2D eigenvalue weighted by Crippen LogP contribution is 2.34. The van der Waals surface area contributed by atoms with Crippen LogP contribution in [0, 0.1) is 6.92 Å². The van der Waals surface area contributed by atoms with Gasteiger partial charge in [0.2, 0.25) is 0 Å². The molecule has 0 saturated heterocycles. The fraction of sp³-hybridized carbons (Fsp3) is 0.0476. The van der Waals surface area contributed by atoms with Crippen molar-refractivity contribution in [3.63, 3.8) is 0 Å². The van der Waals surface area contributed by atoms with Gasteiger partial charge in [0, 0.05) is 10.1 Å². The fourth-order valence-corrected chi connectivity index (χ4v) is 3.96. The van der Waals surface area contributed by atoms with Crippen LogP contribution in [-0.2, 0) is 0 Å². The lowest BCUT2D eigenvalue weighted by molar-refractivity contribution is 0.0997. The summed E-state index contributed by atoms with van der Waals surface area (Å²) in [6.07, 6.45) is 1.44. The summed E-state index contributed by atoms with van der Waals surface area (Å²) < 4.78 is 5.99. The molecule has 0 aliphatic rings. The Bertz CT molecular complexity index is 1160. The van der Waals surface area contributed by atoms with Crippen LogP contribution in [0.2, 0.25) is 0 Å². The zero-order valence-corrected chi connectivity index (χ0v) is 14.8. The summed E-state index contributed by atoms with van der Waals surface area (Å²) >= 11 is 1.38. The van der Waals surface area contributed by atoms with Gasteiger partial charge in [0.25, 0.3) is 5.91 Å². The van der Waals surface area contributed by atoms with Gasteiger partial charge in [-0.1, -0.05) is 42.0 Å². The van der Waals surface area contributed by atoms with Crippen LogP contribution in [0.5, 0.6) is 0 Å². The lowest BCUT2D eigenvalue weighted by Gasteiger charge is -2.11. The van der Waals surface area contributed by atoms with Crippen molar-refractivity contribution < 1.29 is 9.21 Å². The first kappa shape index (κ1) is 16.3. The van der Waals surface area contributed by atoms with E-state index in [-0.39, 0.29) is 17.1 Å². The Morgan fingerprint density at radius 1 is 1.04 bits per heavy atom. The molecule has 0 unspecified atom stereocenters. The number of anilines is 1. The van der Waals surface area contributed by atoms with Gasteiger partial charge in [-0.25, -0.2) is 0 Å². The number of hydrogen-bond donors (Lipinski definition) is 1. The Hall–Kier alpha value is -3.18. The van der Waals surface area contributed by atoms with Gasteiger partial charge in [-0.2, -0.15) is 0 Å². The minimum Gasteiger partial charge on any atom is -0.459 e. The summed E-state index contributed by atoms with van der Waals surface area (Å²) in [4.78, 5) is 25.6. The molecule has 0 radical (unpaired) electrons. The van der Waals surface area contributed by atoms with Crippen LogP contribution in [0.4, 0.5) is 5.00 Å². The topological polar surface area (TPSA) is 59.3 Å². The Labute approximate surface area is 153 Å². The van der Waals surface area contributed by atoms with Gasteiger partial charge in [-0.05, 0) is 36.8 Å². The van der Waals surface area contributed by atoms with Crippen LogP contribution >= 0.6 is 11.3 Å². The molecule has 4 rings (SSSR count). The molecular weight excluding hydrogens is 346 g/mol. The van der Waals surface area contributed by atoms with Gasteiger partial charge in [0.15, 0.2) is 11.2 Å². The predicted octanol–water partition coefficient (Wildman–Crippen LogP) is 5.08. The van der Waals surface area contributed by atoms with E-state index in [0.29, 0.717) is 16.0 Å². The number of aryl methyl sites for hydroxylation is 1. The molecule has 0 aliphatic heterocycles. The van der Waals surface area contributed by atoms with Crippen molar-refractivity contribution in [3.05, 3.63) is 88.5 Å². The van der Waals surface area contributed by atoms with Crippen molar-refractivity contribution in [1.82, 2.24) is 0 Å². The number of hydrogen-bond acceptors (Lipinski definition) is 4. The van der Waals surface area contributed by atoms with E-state index in [1.807, 2.05) is 55.5 Å². The molecule has 0 bridgehead atoms. The molecule has 1 amide bonds. The standard InChI is InChI=1S/C21H15NO3S/c1-13-6-4-7-14(12-13)18-19(23)15-8-2-3-10-17(15)26-21(18)22-20(24)16-9-5-11-25-16/h2-12H,1H3,(H,22,24). The van der Waals surface area contributed by atoms with E-state index >= 15 is 0 Å². The van der Waals surface area contributed by atoms with E-state index in [1.54, 1.807) is 12.1 Å². The van der Waals surface area contributed by atoms with Crippen LogP contribution in [0.1, 0.15) is 16.1 Å². The van der Waals surface area contributed by atoms with E-state index in [2.05, 4.69) is 5.32 Å². The fourth-order valence-electron chi connectivity index (χ4n) is 2.87. The molecular formula is C21H15NO3S. The Morgan fingerprint density at radius 2 is 1.88 bits per heavy atom. The summed E-state index contributed by atoms with van der Waals surface area (Å²) in [6.45, 7) is 1.97. The van der Waals surface area contributed by atoms with Crippen molar-refractivity contribution in [1.29, 1.82) is 0 Å². The Kier molecular flexibility index (Phi) is 4.14. The molecule has 0 atom stereocenters. The molecule has 26 heavy (non-hydrogen) atoms. The number of rotatable bonds is 3. The summed E-state index contributed by atoms with van der Waals surface area (Å²) in [5.74, 6) is -0.178. The number of carbonyl (C=O) groups is 1. The third-order valence-electron chi connectivity index (χ3n) is 4.08. The second-order valence-corrected chi connectivity index (χ2v) is 6.98. The van der Waals surface area contributed by atoms with Crippen LogP contribution in [-0.4, -0.2) is 5.91 Å². The highest BCUT2D eigenvalue weighted by Gasteiger charge is 2.18. The normalized spacial score (nSPS) is 10.8. The molecule has 2 aromatic carbocycles. The summed E-state index contributed by atoms with van der Waals surface area (Å²) in [5.41, 5.74) is 2.23. The quantitative estimate of drug-likeness (QED) is 0.553. The summed E-state index contributed by atoms with van der Waals surface area (Å²) in [6, 6.07) is 18.4. The van der Waals surface area contributed by atoms with Gasteiger partial charge in [0.05, 0.1) is 11.8 Å². The average molecular weight is 361 g/mol. The van der Waals surface area contributed by atoms with Gasteiger partial charge < -0.3 is 9.73 Å². The third-order valence-corrected chi connectivity index (χ3v) is 5.16. The maximum Gasteiger partial charge on any atom is 0.291 e.